The van der Waals surface area contributed by atoms with E-state index in [1.54, 1.807) is 0 Å². The summed E-state index contributed by atoms with van der Waals surface area (Å²) in [6, 6.07) is 65.5. The van der Waals surface area contributed by atoms with Gasteiger partial charge in [-0.05, 0) is 126 Å². The molecule has 0 fully saturated rings. The van der Waals surface area contributed by atoms with Crippen molar-refractivity contribution < 1.29 is 0 Å². The summed E-state index contributed by atoms with van der Waals surface area (Å²) in [4.78, 5) is 13.5. The molecule has 10 rings (SSSR count). The van der Waals surface area contributed by atoms with E-state index < -0.39 is 0 Å². The highest BCUT2D eigenvalue weighted by Crippen LogP contribution is 2.47. The van der Waals surface area contributed by atoms with Crippen LogP contribution in [0, 0.1) is 0 Å². The van der Waals surface area contributed by atoms with Crippen LogP contribution in [0.3, 0.4) is 0 Å². The fourth-order valence-corrected chi connectivity index (χ4v) is 8.95. The minimum absolute atomic E-state index is 0.0531. The summed E-state index contributed by atoms with van der Waals surface area (Å²) in [5.74, 6) is 1.17. The van der Waals surface area contributed by atoms with E-state index in [9.17, 15) is 0 Å². The van der Waals surface area contributed by atoms with Gasteiger partial charge < -0.3 is 4.90 Å². The third-order valence-electron chi connectivity index (χ3n) is 11.6. The molecule has 0 bridgehead atoms. The SMILES string of the molecule is CC1=C(c2cc(C3=Nc4ccccc4C(C)C3c3ccccc3)cc(-c3nc4ccccc4n3-c3ccccc3)c2)N(c2ccccc2)c2ccccc2CC1. The predicted molar refractivity (Wildman–Crippen MR) is 233 cm³/mol. The van der Waals surface area contributed by atoms with E-state index in [-0.39, 0.29) is 11.8 Å². The van der Waals surface area contributed by atoms with Gasteiger partial charge in [0.25, 0.3) is 0 Å². The highest BCUT2D eigenvalue weighted by atomic mass is 15.2. The fourth-order valence-electron chi connectivity index (χ4n) is 8.95. The average Bonchev–Trinajstić information content (AvgIpc) is 3.58. The van der Waals surface area contributed by atoms with Crippen LogP contribution in [0.1, 0.15) is 59.9 Å². The number of hydrogen-bond donors (Lipinski definition) is 0. The number of aromatic nitrogens is 2. The number of rotatable bonds is 6. The Bertz CT molecular complexity index is 2780. The van der Waals surface area contributed by atoms with Crippen molar-refractivity contribution in [1.29, 1.82) is 0 Å². The molecule has 2 atom stereocenters. The Morgan fingerprint density at radius 1 is 0.571 bits per heavy atom. The maximum absolute atomic E-state index is 5.58. The number of aryl methyl sites for hydroxylation is 1. The van der Waals surface area contributed by atoms with Crippen molar-refractivity contribution >= 4 is 39.5 Å². The molecule has 0 spiro atoms. The molecule has 2 aliphatic heterocycles. The standard InChI is InChI=1S/C52H42N4/c1-35-30-31-37-18-12-16-28-47(37)55(42-21-8-4-9-22-42)51(35)40-32-39(50-49(38-19-6-3-7-20-38)36(2)44-25-13-14-26-45(44)53-50)33-41(34-40)52-54-46-27-15-17-29-48(46)56(52)43-23-10-5-11-24-43/h3-29,32-34,36,49H,30-31H2,1-2H3. The first kappa shape index (κ1) is 33.8. The van der Waals surface area contributed by atoms with Crippen molar-refractivity contribution in [1.82, 2.24) is 9.55 Å². The molecule has 2 unspecified atom stereocenters. The fraction of sp³-hybridized carbons (Fsp3) is 0.115. The average molecular weight is 723 g/mol. The lowest BCUT2D eigenvalue weighted by molar-refractivity contribution is 0.695. The molecule has 0 radical (unpaired) electrons. The van der Waals surface area contributed by atoms with Crippen LogP contribution in [-0.2, 0) is 6.42 Å². The van der Waals surface area contributed by atoms with Crippen LogP contribution >= 0.6 is 0 Å². The van der Waals surface area contributed by atoms with Gasteiger partial charge in [0.15, 0.2) is 0 Å². The van der Waals surface area contributed by atoms with E-state index in [2.05, 4.69) is 205 Å². The van der Waals surface area contributed by atoms with Crippen LogP contribution in [0.4, 0.5) is 17.1 Å². The van der Waals surface area contributed by atoms with Crippen molar-refractivity contribution in [3.05, 3.63) is 215 Å². The van der Waals surface area contributed by atoms with Gasteiger partial charge in [-0.15, -0.1) is 0 Å². The van der Waals surface area contributed by atoms with Crippen LogP contribution in [0.25, 0.3) is 33.8 Å². The summed E-state index contributed by atoms with van der Waals surface area (Å²) in [6.07, 6.45) is 1.93. The number of para-hydroxylation sites is 6. The monoisotopic (exact) mass is 722 g/mol. The molecule has 56 heavy (non-hydrogen) atoms. The minimum atomic E-state index is 0.0531. The number of nitrogens with zero attached hydrogens (tertiary/aromatic N) is 4. The van der Waals surface area contributed by atoms with E-state index in [1.807, 2.05) is 0 Å². The third kappa shape index (κ3) is 5.86. The number of aliphatic imine (C=N–C) groups is 1. The second-order valence-corrected chi connectivity index (χ2v) is 15.1. The zero-order valence-corrected chi connectivity index (χ0v) is 31.7. The third-order valence-corrected chi connectivity index (χ3v) is 11.6. The summed E-state index contributed by atoms with van der Waals surface area (Å²) in [6.45, 7) is 4.67. The first-order valence-electron chi connectivity index (χ1n) is 19.7. The van der Waals surface area contributed by atoms with E-state index in [0.29, 0.717) is 0 Å². The van der Waals surface area contributed by atoms with E-state index in [4.69, 9.17) is 9.98 Å². The van der Waals surface area contributed by atoms with Gasteiger partial charge in [0.1, 0.15) is 5.82 Å². The minimum Gasteiger partial charge on any atom is -0.310 e. The first-order valence-corrected chi connectivity index (χ1v) is 19.7. The van der Waals surface area contributed by atoms with Gasteiger partial charge in [-0.2, -0.15) is 0 Å². The Morgan fingerprint density at radius 2 is 1.20 bits per heavy atom. The molecule has 4 heteroatoms. The molecule has 3 heterocycles. The van der Waals surface area contributed by atoms with Gasteiger partial charge in [-0.3, -0.25) is 9.56 Å². The largest absolute Gasteiger partial charge is 0.310 e. The van der Waals surface area contributed by atoms with Crippen molar-refractivity contribution in [3.8, 4) is 17.1 Å². The van der Waals surface area contributed by atoms with Crippen LogP contribution in [0.2, 0.25) is 0 Å². The number of hydrogen-bond acceptors (Lipinski definition) is 3. The summed E-state index contributed by atoms with van der Waals surface area (Å²) in [7, 11) is 0. The zero-order chi connectivity index (χ0) is 37.6. The van der Waals surface area contributed by atoms with Gasteiger partial charge >= 0.3 is 0 Å². The number of allylic oxidation sites excluding steroid dienone is 1. The zero-order valence-electron chi connectivity index (χ0n) is 31.7. The number of benzene rings is 7. The Labute approximate surface area is 328 Å². The number of anilines is 2. The number of imidazole rings is 1. The van der Waals surface area contributed by atoms with Crippen LogP contribution in [0.15, 0.2) is 193 Å². The maximum atomic E-state index is 5.58. The Hall–Kier alpha value is -6.78. The second kappa shape index (κ2) is 14.1. The maximum Gasteiger partial charge on any atom is 0.145 e. The van der Waals surface area contributed by atoms with Gasteiger partial charge in [0, 0.05) is 28.5 Å². The highest BCUT2D eigenvalue weighted by molar-refractivity contribution is 6.10. The van der Waals surface area contributed by atoms with E-state index in [1.165, 1.54) is 33.6 Å². The summed E-state index contributed by atoms with van der Waals surface area (Å²) < 4.78 is 2.31. The molecule has 2 aliphatic rings. The topological polar surface area (TPSA) is 33.4 Å². The first-order chi connectivity index (χ1) is 27.6. The van der Waals surface area contributed by atoms with Gasteiger partial charge in [-0.25, -0.2) is 4.98 Å². The van der Waals surface area contributed by atoms with Crippen molar-refractivity contribution in [2.75, 3.05) is 4.90 Å². The van der Waals surface area contributed by atoms with Crippen LogP contribution in [0.5, 0.6) is 0 Å². The molecular formula is C52H42N4. The van der Waals surface area contributed by atoms with Crippen molar-refractivity contribution in [2.24, 2.45) is 4.99 Å². The second-order valence-electron chi connectivity index (χ2n) is 15.1. The molecular weight excluding hydrogens is 681 g/mol. The van der Waals surface area contributed by atoms with E-state index >= 15 is 0 Å². The van der Waals surface area contributed by atoms with Crippen molar-refractivity contribution in [3.63, 3.8) is 0 Å². The summed E-state index contributed by atoms with van der Waals surface area (Å²) in [5.41, 5.74) is 17.3. The summed E-state index contributed by atoms with van der Waals surface area (Å²) in [5, 5.41) is 0. The molecule has 7 aromatic carbocycles. The van der Waals surface area contributed by atoms with Crippen LogP contribution in [-0.4, -0.2) is 15.3 Å². The van der Waals surface area contributed by atoms with Crippen molar-refractivity contribution in [2.45, 2.75) is 38.5 Å². The summed E-state index contributed by atoms with van der Waals surface area (Å²) >= 11 is 0. The predicted octanol–water partition coefficient (Wildman–Crippen LogP) is 13.2. The number of fused-ring (bicyclic) bond motifs is 3. The molecule has 0 amide bonds. The molecule has 4 nitrogen and oxygen atoms in total. The molecule has 270 valence electrons. The Kier molecular flexibility index (Phi) is 8.52. The van der Waals surface area contributed by atoms with Crippen LogP contribution < -0.4 is 4.90 Å². The lowest BCUT2D eigenvalue weighted by Crippen LogP contribution is -2.24. The van der Waals surface area contributed by atoms with Gasteiger partial charge in [0.05, 0.1) is 28.1 Å². The smallest absolute Gasteiger partial charge is 0.145 e. The van der Waals surface area contributed by atoms with E-state index in [0.717, 1.165) is 69.2 Å². The lowest BCUT2D eigenvalue weighted by Gasteiger charge is -2.33. The van der Waals surface area contributed by atoms with Gasteiger partial charge in [-0.1, -0.05) is 122 Å². The normalized spacial score (nSPS) is 16.6. The molecule has 0 aliphatic carbocycles. The highest BCUT2D eigenvalue weighted by Gasteiger charge is 2.34. The molecule has 1 aromatic heterocycles. The quantitative estimate of drug-likeness (QED) is 0.171. The van der Waals surface area contributed by atoms with Gasteiger partial charge in [0.2, 0.25) is 0 Å². The molecule has 8 aromatic rings. The molecule has 0 saturated carbocycles. The Morgan fingerprint density at radius 3 is 2.00 bits per heavy atom. The lowest BCUT2D eigenvalue weighted by atomic mass is 9.75. The molecule has 0 N–H and O–H groups in total. The molecule has 0 saturated heterocycles. The Balaban J connectivity index is 1.28.